The van der Waals surface area contributed by atoms with Crippen LogP contribution in [-0.4, -0.2) is 42.8 Å². The smallest absolute Gasteiger partial charge is 0.343 e. The fourth-order valence-corrected chi connectivity index (χ4v) is 2.17. The van der Waals surface area contributed by atoms with E-state index >= 15 is 0 Å². The quantitative estimate of drug-likeness (QED) is 0.253. The summed E-state index contributed by atoms with van der Waals surface area (Å²) >= 11 is 0. The summed E-state index contributed by atoms with van der Waals surface area (Å²) in [5.41, 5.74) is 0.321. The molecule has 0 saturated heterocycles. The van der Waals surface area contributed by atoms with Gasteiger partial charge in [-0.15, -0.1) is 0 Å². The predicted octanol–water partition coefficient (Wildman–Crippen LogP) is 2.86. The van der Waals surface area contributed by atoms with Crippen LogP contribution in [-0.2, 0) is 14.3 Å². The van der Waals surface area contributed by atoms with Gasteiger partial charge in [-0.05, 0) is 48.5 Å². The van der Waals surface area contributed by atoms with Crippen molar-refractivity contribution in [3.63, 3.8) is 0 Å². The molecule has 0 bridgehead atoms. The van der Waals surface area contributed by atoms with Gasteiger partial charge in [0, 0.05) is 12.5 Å². The molecule has 1 N–H and O–H groups in total. The van der Waals surface area contributed by atoms with E-state index in [4.69, 9.17) is 24.1 Å². The molecule has 0 aliphatic carbocycles. The molecule has 8 nitrogen and oxygen atoms in total. The maximum atomic E-state index is 12.2. The largest absolute Gasteiger partial charge is 0.493 e. The van der Waals surface area contributed by atoms with Crippen LogP contribution in [0.5, 0.6) is 17.2 Å². The van der Waals surface area contributed by atoms with Crippen molar-refractivity contribution in [1.29, 1.82) is 0 Å². The molecule has 31 heavy (non-hydrogen) atoms. The molecule has 0 fully saturated rings. The molecule has 2 aromatic carbocycles. The van der Waals surface area contributed by atoms with Gasteiger partial charge in [0.1, 0.15) is 17.2 Å². The molecule has 0 aromatic heterocycles. The number of carbonyl (C=O) groups excluding carboxylic acids is 3. The zero-order valence-corrected chi connectivity index (χ0v) is 16.7. The van der Waals surface area contributed by atoms with Gasteiger partial charge < -0.3 is 24.1 Å². The van der Waals surface area contributed by atoms with Gasteiger partial charge in [-0.25, -0.2) is 14.4 Å². The van der Waals surface area contributed by atoms with Crippen molar-refractivity contribution in [2.24, 2.45) is 0 Å². The van der Waals surface area contributed by atoms with Gasteiger partial charge in [0.15, 0.2) is 0 Å². The molecule has 162 valence electrons. The van der Waals surface area contributed by atoms with Gasteiger partial charge in [0.2, 0.25) is 0 Å². The molecule has 2 aromatic rings. The Hall–Kier alpha value is -3.91. The fourth-order valence-electron chi connectivity index (χ4n) is 2.17. The lowest BCUT2D eigenvalue weighted by Crippen LogP contribution is -2.12. The van der Waals surface area contributed by atoms with Crippen LogP contribution in [0.1, 0.15) is 16.8 Å². The Morgan fingerprint density at radius 1 is 0.871 bits per heavy atom. The first-order chi connectivity index (χ1) is 14.9. The summed E-state index contributed by atoms with van der Waals surface area (Å²) in [5.74, 6) is -0.644. The highest BCUT2D eigenvalue weighted by molar-refractivity contribution is 5.91. The third kappa shape index (κ3) is 7.79. The van der Waals surface area contributed by atoms with Crippen LogP contribution in [0.15, 0.2) is 73.3 Å². The Labute approximate surface area is 179 Å². The second-order valence-electron chi connectivity index (χ2n) is 6.11. The van der Waals surface area contributed by atoms with Crippen LogP contribution in [0, 0.1) is 0 Å². The minimum absolute atomic E-state index is 0.00420. The van der Waals surface area contributed by atoms with Crippen molar-refractivity contribution in [3.8, 4) is 17.2 Å². The molecule has 8 heteroatoms. The van der Waals surface area contributed by atoms with Crippen LogP contribution in [0.4, 0.5) is 0 Å². The fraction of sp³-hybridized carbons (Fsp3) is 0.174. The third-order valence-corrected chi connectivity index (χ3v) is 3.78. The lowest BCUT2D eigenvalue weighted by Gasteiger charge is -2.09. The zero-order valence-electron chi connectivity index (χ0n) is 16.7. The Morgan fingerprint density at radius 3 is 2.03 bits per heavy atom. The summed E-state index contributed by atoms with van der Waals surface area (Å²) in [4.78, 5) is 34.7. The monoisotopic (exact) mass is 426 g/mol. The molecule has 0 heterocycles. The van der Waals surface area contributed by atoms with Crippen molar-refractivity contribution >= 4 is 17.9 Å². The van der Waals surface area contributed by atoms with E-state index in [1.165, 1.54) is 24.3 Å². The van der Waals surface area contributed by atoms with Crippen molar-refractivity contribution < 1.29 is 38.4 Å². The summed E-state index contributed by atoms with van der Waals surface area (Å²) < 4.78 is 20.6. The van der Waals surface area contributed by atoms with Gasteiger partial charge in [-0.2, -0.15) is 0 Å². The lowest BCUT2D eigenvalue weighted by molar-refractivity contribution is -0.139. The van der Waals surface area contributed by atoms with E-state index < -0.39 is 24.5 Å². The summed E-state index contributed by atoms with van der Waals surface area (Å²) in [6, 6.07) is 12.4. The number of esters is 3. The second-order valence-corrected chi connectivity index (χ2v) is 6.11. The molecular weight excluding hydrogens is 404 g/mol. The number of benzene rings is 2. The summed E-state index contributed by atoms with van der Waals surface area (Å²) in [6.45, 7) is 6.67. The van der Waals surface area contributed by atoms with Gasteiger partial charge >= 0.3 is 17.9 Å². The first-order valence-electron chi connectivity index (χ1n) is 9.28. The van der Waals surface area contributed by atoms with Gasteiger partial charge in [0.05, 0.1) is 31.0 Å². The number of aliphatic hydroxyl groups is 1. The van der Waals surface area contributed by atoms with E-state index in [1.54, 1.807) is 24.3 Å². The van der Waals surface area contributed by atoms with Crippen LogP contribution in [0.25, 0.3) is 0 Å². The van der Waals surface area contributed by atoms with Crippen molar-refractivity contribution in [2.75, 3.05) is 19.8 Å². The normalized spacial score (nSPS) is 9.97. The molecule has 0 radical (unpaired) electrons. The minimum atomic E-state index is -0.641. The van der Waals surface area contributed by atoms with Crippen LogP contribution < -0.4 is 14.2 Å². The summed E-state index contributed by atoms with van der Waals surface area (Å²) in [6.07, 6.45) is 1.50. The van der Waals surface area contributed by atoms with Crippen LogP contribution in [0.3, 0.4) is 0 Å². The number of hydrogen-bond acceptors (Lipinski definition) is 8. The number of ether oxygens (including phenoxy) is 4. The maximum Gasteiger partial charge on any atom is 0.343 e. The Kier molecular flexibility index (Phi) is 9.00. The standard InChI is InChI=1S/C23H22O8/c1-3-21(25)30-19-9-11-20(12-10-19)31-23(27)17-5-7-18(8-6-17)28-13-4-14-29-22(26)16(2)15-24/h3,5-12,24H,1-2,4,13-15H2. The number of hydrogen-bond donors (Lipinski definition) is 1. The first kappa shape index (κ1) is 23.4. The van der Waals surface area contributed by atoms with E-state index in [0.29, 0.717) is 35.8 Å². The molecule has 0 aliphatic heterocycles. The molecule has 0 unspecified atom stereocenters. The Morgan fingerprint density at radius 2 is 1.45 bits per heavy atom. The van der Waals surface area contributed by atoms with Crippen molar-refractivity contribution in [1.82, 2.24) is 0 Å². The zero-order chi connectivity index (χ0) is 22.6. The maximum absolute atomic E-state index is 12.2. The molecule has 0 saturated carbocycles. The Balaban J connectivity index is 1.77. The molecule has 0 amide bonds. The number of rotatable bonds is 11. The molecule has 0 atom stereocenters. The average molecular weight is 426 g/mol. The first-order valence-corrected chi connectivity index (χ1v) is 9.28. The van der Waals surface area contributed by atoms with Crippen molar-refractivity contribution in [2.45, 2.75) is 6.42 Å². The van der Waals surface area contributed by atoms with E-state index in [0.717, 1.165) is 6.08 Å². The van der Waals surface area contributed by atoms with E-state index in [-0.39, 0.29) is 12.2 Å². The van der Waals surface area contributed by atoms with Gasteiger partial charge in [0.25, 0.3) is 0 Å². The summed E-state index contributed by atoms with van der Waals surface area (Å²) in [5, 5.41) is 8.77. The van der Waals surface area contributed by atoms with Crippen LogP contribution >= 0.6 is 0 Å². The topological polar surface area (TPSA) is 108 Å². The number of carbonyl (C=O) groups is 3. The molecule has 2 rings (SSSR count). The Bertz CT molecular complexity index is 929. The van der Waals surface area contributed by atoms with E-state index in [2.05, 4.69) is 13.2 Å². The SMILES string of the molecule is C=CC(=O)Oc1ccc(OC(=O)c2ccc(OCCCOC(=O)C(=C)CO)cc2)cc1. The minimum Gasteiger partial charge on any atom is -0.493 e. The summed E-state index contributed by atoms with van der Waals surface area (Å²) in [7, 11) is 0. The second kappa shape index (κ2) is 11.9. The van der Waals surface area contributed by atoms with Crippen LogP contribution in [0.2, 0.25) is 0 Å². The average Bonchev–Trinajstić information content (AvgIpc) is 2.79. The molecular formula is C23H22O8. The van der Waals surface area contributed by atoms with E-state index in [1.807, 2.05) is 0 Å². The third-order valence-electron chi connectivity index (χ3n) is 3.78. The predicted molar refractivity (Wildman–Crippen MR) is 111 cm³/mol. The van der Waals surface area contributed by atoms with E-state index in [9.17, 15) is 14.4 Å². The van der Waals surface area contributed by atoms with Gasteiger partial charge in [-0.1, -0.05) is 13.2 Å². The molecule has 0 aliphatic rings. The highest BCUT2D eigenvalue weighted by Gasteiger charge is 2.10. The van der Waals surface area contributed by atoms with Crippen molar-refractivity contribution in [3.05, 3.63) is 78.9 Å². The highest BCUT2D eigenvalue weighted by atomic mass is 16.5. The van der Waals surface area contributed by atoms with Gasteiger partial charge in [-0.3, -0.25) is 0 Å². The lowest BCUT2D eigenvalue weighted by atomic mass is 10.2. The number of aliphatic hydroxyl groups excluding tert-OH is 1. The molecule has 0 spiro atoms. The highest BCUT2D eigenvalue weighted by Crippen LogP contribution is 2.20.